The van der Waals surface area contributed by atoms with Crippen molar-refractivity contribution in [3.05, 3.63) is 108 Å². The Labute approximate surface area is 162 Å². The van der Waals surface area contributed by atoms with Gasteiger partial charge in [0.15, 0.2) is 0 Å². The fourth-order valence-corrected chi connectivity index (χ4v) is 3.03. The van der Waals surface area contributed by atoms with Gasteiger partial charge in [0, 0.05) is 5.69 Å². The van der Waals surface area contributed by atoms with Crippen LogP contribution in [0.15, 0.2) is 91.0 Å². The van der Waals surface area contributed by atoms with Crippen molar-refractivity contribution in [1.82, 2.24) is 0 Å². The topological polar surface area (TPSA) is 21.3 Å². The molecule has 0 aliphatic carbocycles. The van der Waals surface area contributed by atoms with Gasteiger partial charge in [0.2, 0.25) is 0 Å². The molecule has 3 aromatic carbocycles. The molecule has 0 spiro atoms. The quantitative estimate of drug-likeness (QED) is 0.475. The lowest BCUT2D eigenvalue weighted by molar-refractivity contribution is 0.415. The maximum Gasteiger partial charge on any atom is 0.119 e. The monoisotopic (exact) mass is 357 g/mol. The molecule has 3 aromatic rings. The smallest absolute Gasteiger partial charge is 0.119 e. The van der Waals surface area contributed by atoms with E-state index in [2.05, 4.69) is 91.1 Å². The van der Waals surface area contributed by atoms with Crippen molar-refractivity contribution in [2.75, 3.05) is 12.4 Å². The minimum atomic E-state index is 0.228. The minimum absolute atomic E-state index is 0.228. The minimum Gasteiger partial charge on any atom is -0.497 e. The summed E-state index contributed by atoms with van der Waals surface area (Å²) in [5.41, 5.74) is 5.00. The summed E-state index contributed by atoms with van der Waals surface area (Å²) in [5.74, 6) is 0.871. The van der Waals surface area contributed by atoms with Gasteiger partial charge in [0.05, 0.1) is 13.2 Å². The summed E-state index contributed by atoms with van der Waals surface area (Å²) < 4.78 is 5.25. The van der Waals surface area contributed by atoms with Gasteiger partial charge in [-0.15, -0.1) is 0 Å². The Hall–Kier alpha value is -3.00. The van der Waals surface area contributed by atoms with E-state index in [4.69, 9.17) is 4.74 Å². The van der Waals surface area contributed by atoms with E-state index in [0.717, 1.165) is 24.3 Å². The normalized spacial score (nSPS) is 12.1. The Morgan fingerprint density at radius 3 is 2.22 bits per heavy atom. The molecule has 0 aliphatic heterocycles. The van der Waals surface area contributed by atoms with Crippen LogP contribution in [0.2, 0.25) is 0 Å². The molecule has 0 amide bonds. The van der Waals surface area contributed by atoms with Gasteiger partial charge >= 0.3 is 0 Å². The average Bonchev–Trinajstić information content (AvgIpc) is 2.72. The Bertz CT molecular complexity index is 836. The lowest BCUT2D eigenvalue weighted by Gasteiger charge is -2.19. The Morgan fingerprint density at radius 2 is 1.56 bits per heavy atom. The standard InChI is InChI=1S/C25H27NO/c1-20-12-14-22(15-13-20)25(26-23-16-18-24(27-2)19-17-23)11-7-6-10-21-8-4-3-5-9-21/h3-9,12-19,25-26H,10-11H2,1-2H3/b7-6+. The van der Waals surface area contributed by atoms with Gasteiger partial charge in [0.1, 0.15) is 5.75 Å². The number of hydrogen-bond donors (Lipinski definition) is 1. The van der Waals surface area contributed by atoms with Gasteiger partial charge in [-0.2, -0.15) is 0 Å². The number of ether oxygens (including phenoxy) is 1. The van der Waals surface area contributed by atoms with Gasteiger partial charge in [-0.1, -0.05) is 72.3 Å². The molecule has 27 heavy (non-hydrogen) atoms. The molecule has 0 aliphatic rings. The van der Waals surface area contributed by atoms with Crippen LogP contribution in [-0.2, 0) is 6.42 Å². The third-order valence-electron chi connectivity index (χ3n) is 4.65. The van der Waals surface area contributed by atoms with E-state index in [1.165, 1.54) is 16.7 Å². The SMILES string of the molecule is COc1ccc(NC(C/C=C/Cc2ccccc2)c2ccc(C)cc2)cc1. The van der Waals surface area contributed by atoms with Crippen LogP contribution < -0.4 is 10.1 Å². The summed E-state index contributed by atoms with van der Waals surface area (Å²) in [7, 11) is 1.69. The van der Waals surface area contributed by atoms with E-state index in [9.17, 15) is 0 Å². The molecule has 0 saturated heterocycles. The lowest BCUT2D eigenvalue weighted by atomic mass is 10.0. The highest BCUT2D eigenvalue weighted by Gasteiger charge is 2.10. The van der Waals surface area contributed by atoms with E-state index in [-0.39, 0.29) is 6.04 Å². The van der Waals surface area contributed by atoms with E-state index in [1.807, 2.05) is 12.1 Å². The van der Waals surface area contributed by atoms with Crippen LogP contribution in [0.5, 0.6) is 5.75 Å². The van der Waals surface area contributed by atoms with Gasteiger partial charge in [-0.25, -0.2) is 0 Å². The number of benzene rings is 3. The number of hydrogen-bond acceptors (Lipinski definition) is 2. The third kappa shape index (κ3) is 5.75. The first-order valence-corrected chi connectivity index (χ1v) is 9.40. The van der Waals surface area contributed by atoms with Gasteiger partial charge in [-0.05, 0) is 55.2 Å². The second-order valence-electron chi connectivity index (χ2n) is 6.73. The fourth-order valence-electron chi connectivity index (χ4n) is 3.03. The number of allylic oxidation sites excluding steroid dienone is 1. The number of aryl methyl sites for hydroxylation is 1. The molecule has 0 radical (unpaired) electrons. The summed E-state index contributed by atoms with van der Waals surface area (Å²) in [4.78, 5) is 0. The number of rotatable bonds is 8. The highest BCUT2D eigenvalue weighted by molar-refractivity contribution is 5.48. The number of nitrogens with one attached hydrogen (secondary N) is 1. The van der Waals surface area contributed by atoms with Crippen molar-refractivity contribution >= 4 is 5.69 Å². The molecule has 0 bridgehead atoms. The zero-order chi connectivity index (χ0) is 18.9. The van der Waals surface area contributed by atoms with Crippen molar-refractivity contribution in [3.63, 3.8) is 0 Å². The van der Waals surface area contributed by atoms with E-state index < -0.39 is 0 Å². The maximum atomic E-state index is 5.25. The Balaban J connectivity index is 1.69. The molecule has 3 rings (SSSR count). The second-order valence-corrected chi connectivity index (χ2v) is 6.73. The summed E-state index contributed by atoms with van der Waals surface area (Å²) in [5, 5.41) is 3.66. The summed E-state index contributed by atoms with van der Waals surface area (Å²) in [6.07, 6.45) is 6.42. The molecule has 2 heteroatoms. The van der Waals surface area contributed by atoms with Crippen molar-refractivity contribution in [2.45, 2.75) is 25.8 Å². The molecular weight excluding hydrogens is 330 g/mol. The zero-order valence-electron chi connectivity index (χ0n) is 16.1. The van der Waals surface area contributed by atoms with Crippen molar-refractivity contribution in [2.24, 2.45) is 0 Å². The fraction of sp³-hybridized carbons (Fsp3) is 0.200. The van der Waals surface area contributed by atoms with Crippen molar-refractivity contribution < 1.29 is 4.74 Å². The van der Waals surface area contributed by atoms with Crippen molar-refractivity contribution in [3.8, 4) is 5.75 Å². The summed E-state index contributed by atoms with van der Waals surface area (Å²) in [6, 6.07) is 27.6. The first-order chi connectivity index (χ1) is 13.2. The molecule has 2 nitrogen and oxygen atoms in total. The van der Waals surface area contributed by atoms with Crippen LogP contribution >= 0.6 is 0 Å². The Morgan fingerprint density at radius 1 is 0.852 bits per heavy atom. The molecule has 0 heterocycles. The summed E-state index contributed by atoms with van der Waals surface area (Å²) >= 11 is 0. The average molecular weight is 357 g/mol. The van der Waals surface area contributed by atoms with E-state index in [1.54, 1.807) is 7.11 Å². The molecule has 0 saturated carbocycles. The highest BCUT2D eigenvalue weighted by Crippen LogP contribution is 2.25. The second kappa shape index (κ2) is 9.63. The van der Waals surface area contributed by atoms with E-state index >= 15 is 0 Å². The molecule has 1 N–H and O–H groups in total. The van der Waals surface area contributed by atoms with Crippen LogP contribution in [0.25, 0.3) is 0 Å². The van der Waals surface area contributed by atoms with Gasteiger partial charge < -0.3 is 10.1 Å². The maximum absolute atomic E-state index is 5.25. The predicted octanol–water partition coefficient (Wildman–Crippen LogP) is 6.35. The van der Waals surface area contributed by atoms with Crippen LogP contribution in [0, 0.1) is 6.92 Å². The van der Waals surface area contributed by atoms with Crippen LogP contribution in [0.4, 0.5) is 5.69 Å². The van der Waals surface area contributed by atoms with Crippen LogP contribution in [0.3, 0.4) is 0 Å². The van der Waals surface area contributed by atoms with E-state index in [0.29, 0.717) is 0 Å². The molecule has 1 unspecified atom stereocenters. The molecule has 0 fully saturated rings. The van der Waals surface area contributed by atoms with Gasteiger partial charge in [-0.3, -0.25) is 0 Å². The van der Waals surface area contributed by atoms with Crippen molar-refractivity contribution in [1.29, 1.82) is 0 Å². The first-order valence-electron chi connectivity index (χ1n) is 9.40. The molecular formula is C25H27NO. The predicted molar refractivity (Wildman–Crippen MR) is 114 cm³/mol. The molecule has 0 aromatic heterocycles. The lowest BCUT2D eigenvalue weighted by Crippen LogP contribution is -2.10. The zero-order valence-corrected chi connectivity index (χ0v) is 16.1. The summed E-state index contributed by atoms with van der Waals surface area (Å²) in [6.45, 7) is 2.12. The first kappa shape index (κ1) is 18.8. The Kier molecular flexibility index (Phi) is 6.70. The number of anilines is 1. The number of methoxy groups -OCH3 is 1. The third-order valence-corrected chi connectivity index (χ3v) is 4.65. The molecule has 1 atom stereocenters. The largest absolute Gasteiger partial charge is 0.497 e. The van der Waals surface area contributed by atoms with Crippen LogP contribution in [0.1, 0.15) is 29.2 Å². The van der Waals surface area contributed by atoms with Gasteiger partial charge in [0.25, 0.3) is 0 Å². The van der Waals surface area contributed by atoms with Crippen LogP contribution in [-0.4, -0.2) is 7.11 Å². The molecule has 138 valence electrons. The highest BCUT2D eigenvalue weighted by atomic mass is 16.5.